The largest absolute Gasteiger partial charge is 0.378 e. The molecule has 1 aromatic heterocycles. The van der Waals surface area contributed by atoms with Crippen LogP contribution in [0.25, 0.3) is 10.9 Å². The van der Waals surface area contributed by atoms with Crippen molar-refractivity contribution in [2.45, 2.75) is 25.3 Å². The summed E-state index contributed by atoms with van der Waals surface area (Å²) in [7, 11) is 1.80. The summed E-state index contributed by atoms with van der Waals surface area (Å²) in [6.07, 6.45) is 2.42. The van der Waals surface area contributed by atoms with Crippen molar-refractivity contribution in [3.8, 4) is 0 Å². The van der Waals surface area contributed by atoms with Crippen LogP contribution in [0.5, 0.6) is 0 Å². The molecule has 1 fully saturated rings. The summed E-state index contributed by atoms with van der Waals surface area (Å²) in [4.78, 5) is 12.1. The highest BCUT2D eigenvalue weighted by molar-refractivity contribution is 5.91. The maximum atomic E-state index is 12.1. The molecule has 1 unspecified atom stereocenters. The molecule has 3 N–H and O–H groups in total. The quantitative estimate of drug-likeness (QED) is 0.895. The van der Waals surface area contributed by atoms with E-state index in [0.717, 1.165) is 16.6 Å². The zero-order valence-corrected chi connectivity index (χ0v) is 12.0. The van der Waals surface area contributed by atoms with E-state index in [1.165, 1.54) is 12.8 Å². The zero-order chi connectivity index (χ0) is 14.3. The van der Waals surface area contributed by atoms with Crippen molar-refractivity contribution in [3.63, 3.8) is 0 Å². The summed E-state index contributed by atoms with van der Waals surface area (Å²) in [5.74, 6) is 0.607. The second-order valence-corrected chi connectivity index (χ2v) is 5.99. The van der Waals surface area contributed by atoms with E-state index in [9.17, 15) is 4.79 Å². The molecule has 1 aromatic carbocycles. The summed E-state index contributed by atoms with van der Waals surface area (Å²) in [5, 5.41) is 4.60. The number of rotatable bonds is 4. The lowest BCUT2D eigenvalue weighted by Crippen LogP contribution is -2.45. The number of nitrogens with one attached hydrogen (secondary N) is 1. The van der Waals surface area contributed by atoms with Gasteiger partial charge >= 0.3 is 0 Å². The molecule has 0 saturated heterocycles. The van der Waals surface area contributed by atoms with E-state index in [1.54, 1.807) is 17.7 Å². The smallest absolute Gasteiger partial charge is 0.252 e. The molecular weight excluding hydrogens is 250 g/mol. The Morgan fingerprint density at radius 2 is 2.10 bits per heavy atom. The predicted octanol–water partition coefficient (Wildman–Crippen LogP) is 2.08. The van der Waals surface area contributed by atoms with Crippen LogP contribution >= 0.6 is 0 Å². The van der Waals surface area contributed by atoms with Gasteiger partial charge in [-0.05, 0) is 31.7 Å². The lowest BCUT2D eigenvalue weighted by atomic mass is 9.95. The molecule has 0 bridgehead atoms. The number of nitrogens with two attached hydrogens (primary N) is 1. The van der Waals surface area contributed by atoms with Crippen molar-refractivity contribution >= 4 is 16.6 Å². The third-order valence-corrected chi connectivity index (χ3v) is 4.48. The number of aromatic nitrogens is 1. The zero-order valence-electron chi connectivity index (χ0n) is 12.0. The molecule has 4 nitrogen and oxygen atoms in total. The van der Waals surface area contributed by atoms with Gasteiger partial charge in [0.1, 0.15) is 0 Å². The maximum Gasteiger partial charge on any atom is 0.252 e. The molecule has 20 heavy (non-hydrogen) atoms. The Morgan fingerprint density at radius 3 is 2.75 bits per heavy atom. The summed E-state index contributed by atoms with van der Waals surface area (Å²) >= 11 is 0. The maximum absolute atomic E-state index is 12.1. The van der Waals surface area contributed by atoms with Crippen molar-refractivity contribution in [2.75, 3.05) is 11.9 Å². The second kappa shape index (κ2) is 4.63. The number of nitrogens with zero attached hydrogens (tertiary/aromatic N) is 1. The highest BCUT2D eigenvalue weighted by atomic mass is 16.1. The summed E-state index contributed by atoms with van der Waals surface area (Å²) in [6.45, 7) is 2.72. The minimum absolute atomic E-state index is 0.00127. The number of pyridine rings is 1. The first-order valence-corrected chi connectivity index (χ1v) is 7.12. The van der Waals surface area contributed by atoms with Crippen LogP contribution in [-0.2, 0) is 7.05 Å². The Labute approximate surface area is 118 Å². The van der Waals surface area contributed by atoms with Crippen LogP contribution in [0.2, 0.25) is 0 Å². The second-order valence-electron chi connectivity index (χ2n) is 5.99. The molecule has 0 amide bonds. The van der Waals surface area contributed by atoms with Gasteiger partial charge in [-0.2, -0.15) is 0 Å². The van der Waals surface area contributed by atoms with Gasteiger partial charge < -0.3 is 15.6 Å². The Hall–Kier alpha value is -1.81. The predicted molar refractivity (Wildman–Crippen MR) is 83.0 cm³/mol. The fourth-order valence-corrected chi connectivity index (χ4v) is 2.86. The molecule has 3 rings (SSSR count). The van der Waals surface area contributed by atoms with Crippen LogP contribution in [0.15, 0.2) is 35.1 Å². The van der Waals surface area contributed by atoms with E-state index in [0.29, 0.717) is 12.5 Å². The first-order chi connectivity index (χ1) is 9.55. The van der Waals surface area contributed by atoms with E-state index in [4.69, 9.17) is 5.73 Å². The monoisotopic (exact) mass is 271 g/mol. The molecule has 0 spiro atoms. The number of hydrogen-bond acceptors (Lipinski definition) is 3. The molecular formula is C16H21N3O. The van der Waals surface area contributed by atoms with E-state index < -0.39 is 0 Å². The van der Waals surface area contributed by atoms with Crippen molar-refractivity contribution in [1.29, 1.82) is 0 Å². The average molecular weight is 271 g/mol. The Kier molecular flexibility index (Phi) is 3.05. The molecule has 1 aliphatic carbocycles. The summed E-state index contributed by atoms with van der Waals surface area (Å²) in [6, 6.07) is 9.64. The van der Waals surface area contributed by atoms with E-state index in [1.807, 2.05) is 24.3 Å². The summed E-state index contributed by atoms with van der Waals surface area (Å²) in [5.41, 5.74) is 7.67. The number of hydrogen-bond donors (Lipinski definition) is 2. The van der Waals surface area contributed by atoms with Gasteiger partial charge in [-0.15, -0.1) is 0 Å². The SMILES string of the molecule is Cn1c(=O)cc(NC(C)(CN)C2CC2)c2ccccc21. The van der Waals surface area contributed by atoms with Crippen LogP contribution in [0.3, 0.4) is 0 Å². The van der Waals surface area contributed by atoms with Crippen molar-refractivity contribution in [1.82, 2.24) is 4.57 Å². The third-order valence-electron chi connectivity index (χ3n) is 4.48. The fraction of sp³-hybridized carbons (Fsp3) is 0.438. The Morgan fingerprint density at radius 1 is 1.40 bits per heavy atom. The van der Waals surface area contributed by atoms with Gasteiger partial charge in [-0.1, -0.05) is 18.2 Å². The van der Waals surface area contributed by atoms with Gasteiger partial charge in [0.25, 0.3) is 5.56 Å². The fourth-order valence-electron chi connectivity index (χ4n) is 2.86. The topological polar surface area (TPSA) is 60.0 Å². The van der Waals surface area contributed by atoms with E-state index in [2.05, 4.69) is 12.2 Å². The highest BCUT2D eigenvalue weighted by Crippen LogP contribution is 2.41. The number of aryl methyl sites for hydroxylation is 1. The molecule has 2 aromatic rings. The van der Waals surface area contributed by atoms with Gasteiger partial charge in [0.15, 0.2) is 0 Å². The van der Waals surface area contributed by atoms with Gasteiger partial charge in [-0.25, -0.2) is 0 Å². The number of fused-ring (bicyclic) bond motifs is 1. The van der Waals surface area contributed by atoms with E-state index in [-0.39, 0.29) is 11.1 Å². The summed E-state index contributed by atoms with van der Waals surface area (Å²) < 4.78 is 1.68. The Bertz CT molecular complexity index is 702. The van der Waals surface area contributed by atoms with Crippen LogP contribution in [-0.4, -0.2) is 16.7 Å². The molecule has 4 heteroatoms. The number of para-hydroxylation sites is 1. The van der Waals surface area contributed by atoms with Crippen molar-refractivity contribution in [3.05, 3.63) is 40.7 Å². The molecule has 0 radical (unpaired) electrons. The van der Waals surface area contributed by atoms with Gasteiger partial charge in [0, 0.05) is 36.3 Å². The third kappa shape index (κ3) is 2.10. The minimum Gasteiger partial charge on any atom is -0.378 e. The lowest BCUT2D eigenvalue weighted by Gasteiger charge is -2.31. The first-order valence-electron chi connectivity index (χ1n) is 7.12. The van der Waals surface area contributed by atoms with Crippen LogP contribution in [0.4, 0.5) is 5.69 Å². The van der Waals surface area contributed by atoms with Crippen LogP contribution in [0, 0.1) is 5.92 Å². The molecule has 1 atom stereocenters. The molecule has 106 valence electrons. The van der Waals surface area contributed by atoms with Crippen LogP contribution in [0.1, 0.15) is 19.8 Å². The van der Waals surface area contributed by atoms with Crippen molar-refractivity contribution < 1.29 is 0 Å². The minimum atomic E-state index is -0.130. The van der Waals surface area contributed by atoms with Gasteiger partial charge in [0.2, 0.25) is 0 Å². The van der Waals surface area contributed by atoms with E-state index >= 15 is 0 Å². The van der Waals surface area contributed by atoms with Gasteiger partial charge in [-0.3, -0.25) is 4.79 Å². The lowest BCUT2D eigenvalue weighted by molar-refractivity contribution is 0.460. The average Bonchev–Trinajstić information content (AvgIpc) is 3.29. The van der Waals surface area contributed by atoms with Crippen LogP contribution < -0.4 is 16.6 Å². The molecule has 1 saturated carbocycles. The highest BCUT2D eigenvalue weighted by Gasteiger charge is 2.40. The normalized spacial score (nSPS) is 17.9. The number of benzene rings is 1. The Balaban J connectivity index is 2.12. The first kappa shape index (κ1) is 13.2. The molecule has 0 aliphatic heterocycles. The van der Waals surface area contributed by atoms with Gasteiger partial charge in [0.05, 0.1) is 5.52 Å². The van der Waals surface area contributed by atoms with Crippen molar-refractivity contribution in [2.24, 2.45) is 18.7 Å². The standard InChI is InChI=1S/C16H21N3O/c1-16(10-17,11-7-8-11)18-13-9-15(20)19(2)14-6-4-3-5-12(13)14/h3-6,9,11,18H,7-8,10,17H2,1-2H3. The number of anilines is 1. The molecule has 1 heterocycles. The molecule has 1 aliphatic rings.